The maximum absolute atomic E-state index is 5.99. The monoisotopic (exact) mass is 382 g/mol. The summed E-state index contributed by atoms with van der Waals surface area (Å²) in [5.41, 5.74) is 0.826. The van der Waals surface area contributed by atoms with Crippen molar-refractivity contribution < 1.29 is 0 Å². The van der Waals surface area contributed by atoms with Crippen LogP contribution in [0.15, 0.2) is 12.5 Å². The predicted molar refractivity (Wildman–Crippen MR) is 76.3 cm³/mol. The first kappa shape index (κ1) is 13.0. The van der Waals surface area contributed by atoms with Crippen molar-refractivity contribution >= 4 is 45.8 Å². The van der Waals surface area contributed by atoms with Gasteiger partial charge in [-0.05, 0) is 29.0 Å². The van der Waals surface area contributed by atoms with Crippen LogP contribution in [0.25, 0.3) is 11.5 Å². The molecule has 0 radical (unpaired) electrons. The molecule has 2 aromatic heterocycles. The summed E-state index contributed by atoms with van der Waals surface area (Å²) >= 11 is 14.0. The molecule has 0 saturated heterocycles. The summed E-state index contributed by atoms with van der Waals surface area (Å²) in [4.78, 5) is 12.5. The molecule has 0 fully saturated rings. The highest BCUT2D eigenvalue weighted by molar-refractivity contribution is 14.1. The van der Waals surface area contributed by atoms with Crippen LogP contribution in [0.3, 0.4) is 0 Å². The Labute approximate surface area is 123 Å². The number of halogens is 3. The minimum Gasteiger partial charge on any atom is -0.328 e. The number of aryl methyl sites for hydroxylation is 1. The molecule has 90 valence electrons. The highest BCUT2D eigenvalue weighted by Crippen LogP contribution is 2.26. The summed E-state index contributed by atoms with van der Waals surface area (Å²) in [6.45, 7) is 2.96. The molecule has 4 nitrogen and oxygen atoms in total. The van der Waals surface area contributed by atoms with E-state index in [1.165, 1.54) is 0 Å². The van der Waals surface area contributed by atoms with E-state index in [4.69, 9.17) is 23.2 Å². The molecule has 0 amide bonds. The van der Waals surface area contributed by atoms with E-state index in [9.17, 15) is 0 Å². The molecule has 2 aromatic rings. The molecule has 0 unspecified atom stereocenters. The molecule has 0 aromatic carbocycles. The van der Waals surface area contributed by atoms with Crippen LogP contribution in [0.1, 0.15) is 13.3 Å². The van der Waals surface area contributed by atoms with Crippen molar-refractivity contribution in [1.29, 1.82) is 0 Å². The summed E-state index contributed by atoms with van der Waals surface area (Å²) in [5, 5.41) is 0.731. The van der Waals surface area contributed by atoms with Crippen LogP contribution < -0.4 is 0 Å². The molecular weight excluding hydrogens is 374 g/mol. The third kappa shape index (κ3) is 2.71. The van der Waals surface area contributed by atoms with Crippen molar-refractivity contribution in [3.63, 3.8) is 0 Å². The fourth-order valence-corrected chi connectivity index (χ4v) is 2.06. The van der Waals surface area contributed by atoms with Gasteiger partial charge in [0.1, 0.15) is 16.0 Å². The van der Waals surface area contributed by atoms with Gasteiger partial charge in [0.15, 0.2) is 5.82 Å². The Morgan fingerprint density at radius 1 is 1.29 bits per heavy atom. The van der Waals surface area contributed by atoms with Crippen LogP contribution in [-0.4, -0.2) is 19.5 Å². The predicted octanol–water partition coefficient (Wildman–Crippen LogP) is 3.66. The SMILES string of the molecule is CCCn1cncc1-c1nc(Cl)c(I)c(Cl)n1. The van der Waals surface area contributed by atoms with E-state index in [0.29, 0.717) is 19.7 Å². The second-order valence-corrected chi connectivity index (χ2v) is 5.21. The quantitative estimate of drug-likeness (QED) is 0.601. The Morgan fingerprint density at radius 3 is 2.53 bits per heavy atom. The van der Waals surface area contributed by atoms with Gasteiger partial charge in [-0.3, -0.25) is 0 Å². The molecule has 0 aliphatic rings. The molecule has 0 saturated carbocycles. The van der Waals surface area contributed by atoms with Gasteiger partial charge in [-0.15, -0.1) is 0 Å². The highest BCUT2D eigenvalue weighted by atomic mass is 127. The Bertz CT molecular complexity index is 518. The fourth-order valence-electron chi connectivity index (χ4n) is 1.43. The van der Waals surface area contributed by atoms with Crippen molar-refractivity contribution in [2.75, 3.05) is 0 Å². The minimum atomic E-state index is 0.366. The minimum absolute atomic E-state index is 0.366. The van der Waals surface area contributed by atoms with E-state index in [2.05, 4.69) is 21.9 Å². The smallest absolute Gasteiger partial charge is 0.180 e. The van der Waals surface area contributed by atoms with E-state index in [-0.39, 0.29) is 0 Å². The van der Waals surface area contributed by atoms with Gasteiger partial charge >= 0.3 is 0 Å². The Kier molecular flexibility index (Phi) is 4.22. The van der Waals surface area contributed by atoms with Crippen molar-refractivity contribution in [2.45, 2.75) is 19.9 Å². The van der Waals surface area contributed by atoms with Crippen LogP contribution in [0.2, 0.25) is 10.3 Å². The molecule has 7 heteroatoms. The first-order valence-electron chi connectivity index (χ1n) is 5.02. The maximum Gasteiger partial charge on any atom is 0.180 e. The molecule has 0 aliphatic heterocycles. The Morgan fingerprint density at radius 2 is 1.94 bits per heavy atom. The van der Waals surface area contributed by atoms with Gasteiger partial charge in [0.2, 0.25) is 0 Å². The Hall–Kier alpha value is -0.400. The largest absolute Gasteiger partial charge is 0.328 e. The third-order valence-electron chi connectivity index (χ3n) is 2.18. The van der Waals surface area contributed by atoms with Crippen molar-refractivity contribution in [1.82, 2.24) is 19.5 Å². The summed E-state index contributed by atoms with van der Waals surface area (Å²) in [7, 11) is 0. The first-order valence-corrected chi connectivity index (χ1v) is 6.86. The van der Waals surface area contributed by atoms with Gasteiger partial charge in [0.25, 0.3) is 0 Å². The number of aromatic nitrogens is 4. The van der Waals surface area contributed by atoms with Gasteiger partial charge in [0, 0.05) is 6.54 Å². The van der Waals surface area contributed by atoms with E-state index in [1.807, 2.05) is 27.2 Å². The lowest BCUT2D eigenvalue weighted by molar-refractivity contribution is 0.681. The molecule has 0 N–H and O–H groups in total. The lowest BCUT2D eigenvalue weighted by Crippen LogP contribution is -2.01. The van der Waals surface area contributed by atoms with Gasteiger partial charge in [-0.1, -0.05) is 30.1 Å². The average molecular weight is 383 g/mol. The van der Waals surface area contributed by atoms with Crippen molar-refractivity contribution in [2.24, 2.45) is 0 Å². The van der Waals surface area contributed by atoms with E-state index in [1.54, 1.807) is 12.5 Å². The lowest BCUT2D eigenvalue weighted by atomic mass is 10.4. The van der Waals surface area contributed by atoms with Crippen LogP contribution in [0.5, 0.6) is 0 Å². The molecule has 2 rings (SSSR count). The number of hydrogen-bond donors (Lipinski definition) is 0. The summed E-state index contributed by atoms with van der Waals surface area (Å²) in [6.07, 6.45) is 4.47. The van der Waals surface area contributed by atoms with Crippen molar-refractivity contribution in [3.8, 4) is 11.5 Å². The topological polar surface area (TPSA) is 43.6 Å². The molecule has 0 aliphatic carbocycles. The second-order valence-electron chi connectivity index (χ2n) is 3.42. The van der Waals surface area contributed by atoms with Gasteiger partial charge in [0.05, 0.1) is 16.1 Å². The molecule has 17 heavy (non-hydrogen) atoms. The first-order chi connectivity index (χ1) is 8.13. The standard InChI is InChI=1S/C10H9Cl2IN4/c1-2-3-17-5-14-4-6(17)10-15-8(11)7(13)9(12)16-10/h4-5H,2-3H2,1H3. The summed E-state index contributed by atoms with van der Waals surface area (Å²) in [5.74, 6) is 0.506. The van der Waals surface area contributed by atoms with Gasteiger partial charge in [-0.25, -0.2) is 15.0 Å². The van der Waals surface area contributed by atoms with Crippen LogP contribution in [-0.2, 0) is 6.54 Å². The summed E-state index contributed by atoms with van der Waals surface area (Å²) < 4.78 is 2.64. The molecule has 0 bridgehead atoms. The van der Waals surface area contributed by atoms with E-state index < -0.39 is 0 Å². The molecule has 2 heterocycles. The van der Waals surface area contributed by atoms with Crippen LogP contribution >= 0.6 is 45.8 Å². The molecule has 0 atom stereocenters. The molecular formula is C10H9Cl2IN4. The van der Waals surface area contributed by atoms with Crippen LogP contribution in [0, 0.1) is 3.57 Å². The summed E-state index contributed by atoms with van der Waals surface area (Å²) in [6, 6.07) is 0. The number of imidazole rings is 1. The van der Waals surface area contributed by atoms with Crippen molar-refractivity contribution in [3.05, 3.63) is 26.4 Å². The molecule has 0 spiro atoms. The van der Waals surface area contributed by atoms with Crippen LogP contribution in [0.4, 0.5) is 0 Å². The lowest BCUT2D eigenvalue weighted by Gasteiger charge is -2.06. The zero-order valence-electron chi connectivity index (χ0n) is 8.99. The number of nitrogens with zero attached hydrogens (tertiary/aromatic N) is 4. The number of hydrogen-bond acceptors (Lipinski definition) is 3. The maximum atomic E-state index is 5.99. The fraction of sp³-hybridized carbons (Fsp3) is 0.300. The number of rotatable bonds is 3. The van der Waals surface area contributed by atoms with Gasteiger partial charge in [-0.2, -0.15) is 0 Å². The highest BCUT2D eigenvalue weighted by Gasteiger charge is 2.13. The van der Waals surface area contributed by atoms with E-state index in [0.717, 1.165) is 18.7 Å². The van der Waals surface area contributed by atoms with Gasteiger partial charge < -0.3 is 4.57 Å². The van der Waals surface area contributed by atoms with E-state index >= 15 is 0 Å². The average Bonchev–Trinajstić information content (AvgIpc) is 2.74. The third-order valence-corrected chi connectivity index (χ3v) is 4.38. The second kappa shape index (κ2) is 5.49. The Balaban J connectivity index is 2.49. The zero-order chi connectivity index (χ0) is 12.4. The zero-order valence-corrected chi connectivity index (χ0v) is 12.7. The normalized spacial score (nSPS) is 10.8.